The highest BCUT2D eigenvalue weighted by molar-refractivity contribution is 5.89. The molecule has 3 heteroatoms. The van der Waals surface area contributed by atoms with Gasteiger partial charge in [-0.05, 0) is 29.4 Å². The van der Waals surface area contributed by atoms with Crippen molar-refractivity contribution in [3.05, 3.63) is 28.8 Å². The number of rotatable bonds is 1. The van der Waals surface area contributed by atoms with E-state index in [0.717, 1.165) is 11.1 Å². The van der Waals surface area contributed by atoms with Crippen LogP contribution in [0.4, 0.5) is 0 Å². The van der Waals surface area contributed by atoms with Crippen molar-refractivity contribution in [2.45, 2.75) is 59.3 Å². The summed E-state index contributed by atoms with van der Waals surface area (Å²) in [4.78, 5) is 11.4. The zero-order valence-electron chi connectivity index (χ0n) is 14.6. The zero-order chi connectivity index (χ0) is 17.1. The molecule has 1 aromatic carbocycles. The highest BCUT2D eigenvalue weighted by atomic mass is 16.5. The Balaban J connectivity index is 3.47. The maximum Gasteiger partial charge on any atom is 0.384 e. The van der Waals surface area contributed by atoms with Gasteiger partial charge in [-0.25, -0.2) is 4.79 Å². The summed E-state index contributed by atoms with van der Waals surface area (Å²) in [6.07, 6.45) is 0. The molecule has 22 heavy (non-hydrogen) atoms. The third kappa shape index (κ3) is 4.53. The molecule has 0 aromatic heterocycles. The Labute approximate surface area is 133 Å². The number of carbonyl (C=O) groups is 1. The van der Waals surface area contributed by atoms with Gasteiger partial charge < -0.3 is 9.84 Å². The highest BCUT2D eigenvalue weighted by Crippen LogP contribution is 2.37. The summed E-state index contributed by atoms with van der Waals surface area (Å²) in [6.45, 7) is 14.5. The first-order chi connectivity index (χ1) is 9.96. The monoisotopic (exact) mass is 302 g/mol. The van der Waals surface area contributed by atoms with Gasteiger partial charge in [-0.3, -0.25) is 0 Å². The minimum atomic E-state index is -0.583. The van der Waals surface area contributed by atoms with Crippen LogP contribution in [0.25, 0.3) is 0 Å². The lowest BCUT2D eigenvalue weighted by atomic mass is 9.79. The van der Waals surface area contributed by atoms with Crippen molar-refractivity contribution < 1.29 is 14.6 Å². The lowest BCUT2D eigenvalue weighted by Gasteiger charge is -2.26. The molecular formula is C19H26O3. The number of phenolic OH excluding ortho intramolecular Hbond substituents is 1. The number of esters is 1. The van der Waals surface area contributed by atoms with E-state index in [9.17, 15) is 9.90 Å². The molecule has 1 aromatic rings. The Morgan fingerprint density at radius 3 is 2.18 bits per heavy atom. The van der Waals surface area contributed by atoms with E-state index in [1.165, 1.54) is 0 Å². The second kappa shape index (κ2) is 6.44. The molecule has 0 amide bonds. The molecule has 0 bridgehead atoms. The average Bonchev–Trinajstić information content (AvgIpc) is 2.35. The van der Waals surface area contributed by atoms with E-state index in [4.69, 9.17) is 4.74 Å². The maximum absolute atomic E-state index is 11.4. The minimum absolute atomic E-state index is 0.0753. The second-order valence-corrected chi connectivity index (χ2v) is 7.39. The van der Waals surface area contributed by atoms with Gasteiger partial charge in [-0.1, -0.05) is 53.5 Å². The first kappa shape index (κ1) is 18.1. The fraction of sp³-hybridized carbons (Fsp3) is 0.526. The van der Waals surface area contributed by atoms with E-state index in [1.807, 2.05) is 32.9 Å². The van der Waals surface area contributed by atoms with Crippen molar-refractivity contribution in [3.63, 3.8) is 0 Å². The van der Waals surface area contributed by atoms with Gasteiger partial charge in [-0.15, -0.1) is 0 Å². The van der Waals surface area contributed by atoms with Crippen molar-refractivity contribution in [1.82, 2.24) is 0 Å². The summed E-state index contributed by atoms with van der Waals surface area (Å²) in [5.74, 6) is 4.73. The summed E-state index contributed by atoms with van der Waals surface area (Å²) in [5, 5.41) is 10.5. The van der Waals surface area contributed by atoms with Crippen LogP contribution >= 0.6 is 0 Å². The van der Waals surface area contributed by atoms with Crippen LogP contribution in [0.1, 0.15) is 65.2 Å². The van der Waals surface area contributed by atoms with E-state index in [2.05, 4.69) is 32.6 Å². The van der Waals surface area contributed by atoms with Crippen LogP contribution in [-0.2, 0) is 20.4 Å². The Kier molecular flexibility index (Phi) is 5.30. The molecule has 0 aliphatic heterocycles. The van der Waals surface area contributed by atoms with Crippen LogP contribution in [0.5, 0.6) is 5.75 Å². The molecule has 0 radical (unpaired) electrons. The predicted octanol–water partition coefficient (Wildman–Crippen LogP) is 3.90. The first-order valence-electron chi connectivity index (χ1n) is 7.53. The zero-order valence-corrected chi connectivity index (χ0v) is 14.6. The molecule has 3 nitrogen and oxygen atoms in total. The third-order valence-electron chi connectivity index (χ3n) is 3.36. The van der Waals surface area contributed by atoms with Crippen molar-refractivity contribution in [1.29, 1.82) is 0 Å². The van der Waals surface area contributed by atoms with Crippen LogP contribution in [0.3, 0.4) is 0 Å². The number of hydrogen-bond donors (Lipinski definition) is 1. The molecular weight excluding hydrogens is 276 g/mol. The molecule has 0 spiro atoms. The molecule has 1 rings (SSSR count). The van der Waals surface area contributed by atoms with E-state index in [-0.39, 0.29) is 23.2 Å². The quantitative estimate of drug-likeness (QED) is 0.632. The molecule has 1 N–H and O–H groups in total. The van der Waals surface area contributed by atoms with Crippen LogP contribution in [0, 0.1) is 11.8 Å². The van der Waals surface area contributed by atoms with Gasteiger partial charge in [0.05, 0.1) is 12.2 Å². The van der Waals surface area contributed by atoms with Crippen LogP contribution in [-0.4, -0.2) is 17.7 Å². The van der Waals surface area contributed by atoms with Crippen molar-refractivity contribution >= 4 is 5.97 Å². The lowest BCUT2D eigenvalue weighted by molar-refractivity contribution is -0.136. The Morgan fingerprint density at radius 2 is 1.73 bits per heavy atom. The van der Waals surface area contributed by atoms with Gasteiger partial charge in [-0.2, -0.15) is 0 Å². The van der Waals surface area contributed by atoms with Crippen molar-refractivity contribution in [2.24, 2.45) is 0 Å². The molecule has 0 saturated heterocycles. The van der Waals surface area contributed by atoms with Crippen LogP contribution in [0.2, 0.25) is 0 Å². The fourth-order valence-corrected chi connectivity index (χ4v) is 2.02. The van der Waals surface area contributed by atoms with Gasteiger partial charge in [0.2, 0.25) is 0 Å². The van der Waals surface area contributed by atoms with Gasteiger partial charge >= 0.3 is 5.97 Å². The lowest BCUT2D eigenvalue weighted by Crippen LogP contribution is -2.17. The SMILES string of the molecule is CCOC(=O)C#Cc1cc(C(C)(C)C)cc(C(C)(C)C)c1O. The van der Waals surface area contributed by atoms with E-state index in [1.54, 1.807) is 6.92 Å². The van der Waals surface area contributed by atoms with E-state index >= 15 is 0 Å². The number of phenols is 1. The Morgan fingerprint density at radius 1 is 1.14 bits per heavy atom. The first-order valence-corrected chi connectivity index (χ1v) is 7.53. The number of carbonyl (C=O) groups excluding carboxylic acids is 1. The van der Waals surface area contributed by atoms with E-state index in [0.29, 0.717) is 5.56 Å². The summed E-state index contributed by atoms with van der Waals surface area (Å²) in [6, 6.07) is 3.86. The smallest absolute Gasteiger partial charge is 0.384 e. The van der Waals surface area contributed by atoms with Gasteiger partial charge in [0.25, 0.3) is 0 Å². The molecule has 0 aliphatic carbocycles. The van der Waals surface area contributed by atoms with E-state index < -0.39 is 5.97 Å². The average molecular weight is 302 g/mol. The molecule has 0 saturated carbocycles. The molecule has 0 atom stereocenters. The summed E-state index contributed by atoms with van der Waals surface area (Å²) >= 11 is 0. The fourth-order valence-electron chi connectivity index (χ4n) is 2.02. The third-order valence-corrected chi connectivity index (χ3v) is 3.36. The Bertz CT molecular complexity index is 617. The number of benzene rings is 1. The van der Waals surface area contributed by atoms with Gasteiger partial charge in [0, 0.05) is 11.5 Å². The highest BCUT2D eigenvalue weighted by Gasteiger charge is 2.24. The number of ether oxygens (including phenoxy) is 1. The number of aromatic hydroxyl groups is 1. The van der Waals surface area contributed by atoms with Crippen molar-refractivity contribution in [3.8, 4) is 17.6 Å². The summed E-state index contributed by atoms with van der Waals surface area (Å²) < 4.78 is 4.80. The van der Waals surface area contributed by atoms with Crippen LogP contribution in [0.15, 0.2) is 12.1 Å². The maximum atomic E-state index is 11.4. The standard InChI is InChI=1S/C19H26O3/c1-8-22-16(20)10-9-13-11-14(18(2,3)4)12-15(17(13)21)19(5,6)7/h11-12,21H,8H2,1-7H3. The molecule has 0 heterocycles. The normalized spacial score (nSPS) is 11.6. The Hall–Kier alpha value is -1.95. The molecule has 0 unspecified atom stereocenters. The predicted molar refractivity (Wildman–Crippen MR) is 89.0 cm³/mol. The second-order valence-electron chi connectivity index (χ2n) is 7.39. The topological polar surface area (TPSA) is 46.5 Å². The van der Waals surface area contributed by atoms with Gasteiger partial charge in [0.1, 0.15) is 5.75 Å². The minimum Gasteiger partial charge on any atom is -0.506 e. The van der Waals surface area contributed by atoms with Crippen molar-refractivity contribution in [2.75, 3.05) is 6.61 Å². The van der Waals surface area contributed by atoms with Crippen LogP contribution < -0.4 is 0 Å². The molecule has 120 valence electrons. The summed E-state index contributed by atoms with van der Waals surface area (Å²) in [7, 11) is 0. The van der Waals surface area contributed by atoms with Gasteiger partial charge in [0.15, 0.2) is 0 Å². The molecule has 0 aliphatic rings. The number of hydrogen-bond acceptors (Lipinski definition) is 3. The molecule has 0 fully saturated rings. The summed E-state index contributed by atoms with van der Waals surface area (Å²) in [5.41, 5.74) is 2.07. The largest absolute Gasteiger partial charge is 0.506 e.